The van der Waals surface area contributed by atoms with Crippen molar-refractivity contribution in [3.8, 4) is 0 Å². The molecule has 0 fully saturated rings. The van der Waals surface area contributed by atoms with Gasteiger partial charge in [0.05, 0.1) is 0 Å². The first-order chi connectivity index (χ1) is 9.91. The Hall–Kier alpha value is -0.780. The molecule has 1 radical (unpaired) electrons. The third kappa shape index (κ3) is 17.2. The number of hydrogen-bond donors (Lipinski definition) is 0. The summed E-state index contributed by atoms with van der Waals surface area (Å²) in [5.41, 5.74) is 0. The normalized spacial score (nSPS) is 12.3. The van der Waals surface area contributed by atoms with Gasteiger partial charge in [-0.25, -0.2) is 0 Å². The molecule has 0 aliphatic rings. The van der Waals surface area contributed by atoms with Crippen LogP contribution in [0.25, 0.3) is 0 Å². The van der Waals surface area contributed by atoms with Gasteiger partial charge < -0.3 is 0 Å². The fraction of sp³-hybridized carbons (Fsp3) is 0.650. The molecule has 0 nitrogen and oxygen atoms in total. The van der Waals surface area contributed by atoms with Gasteiger partial charge in [0.1, 0.15) is 0 Å². The predicted molar refractivity (Wildman–Crippen MR) is 93.9 cm³/mol. The molecule has 20 heavy (non-hydrogen) atoms. The van der Waals surface area contributed by atoms with Crippen LogP contribution < -0.4 is 0 Å². The largest absolute Gasteiger partial charge is 0.0882 e. The molecule has 0 amide bonds. The average Bonchev–Trinajstić information content (AvgIpc) is 2.47. The van der Waals surface area contributed by atoms with Crippen LogP contribution in [0.15, 0.2) is 36.5 Å². The van der Waals surface area contributed by atoms with E-state index < -0.39 is 0 Å². The summed E-state index contributed by atoms with van der Waals surface area (Å²) in [5.74, 6) is 0. The van der Waals surface area contributed by atoms with E-state index in [2.05, 4.69) is 50.3 Å². The molecule has 0 rings (SSSR count). The van der Waals surface area contributed by atoms with E-state index in [0.29, 0.717) is 0 Å². The van der Waals surface area contributed by atoms with Crippen molar-refractivity contribution in [2.24, 2.45) is 0 Å². The molecule has 0 spiro atoms. The van der Waals surface area contributed by atoms with Crippen LogP contribution in [0.3, 0.4) is 0 Å². The van der Waals surface area contributed by atoms with Crippen LogP contribution in [-0.4, -0.2) is 0 Å². The Bertz CT molecular complexity index is 245. The van der Waals surface area contributed by atoms with Crippen molar-refractivity contribution in [1.29, 1.82) is 0 Å². The predicted octanol–water partition coefficient (Wildman–Crippen LogP) is 7.19. The molecular weight excluding hydrogens is 240 g/mol. The smallest absolute Gasteiger partial charge is 0.0169 e. The highest BCUT2D eigenvalue weighted by atomic mass is 13.9. The summed E-state index contributed by atoms with van der Waals surface area (Å²) in [4.78, 5) is 0. The quantitative estimate of drug-likeness (QED) is 0.232. The van der Waals surface area contributed by atoms with Gasteiger partial charge in [0.2, 0.25) is 0 Å². The van der Waals surface area contributed by atoms with Gasteiger partial charge in [0.15, 0.2) is 0 Å². The topological polar surface area (TPSA) is 0 Å². The molecule has 115 valence electrons. The van der Waals surface area contributed by atoms with Gasteiger partial charge in [-0.2, -0.15) is 0 Å². The lowest BCUT2D eigenvalue weighted by atomic mass is 10.1. The van der Waals surface area contributed by atoms with Gasteiger partial charge in [-0.1, -0.05) is 88.8 Å². The van der Waals surface area contributed by atoms with Gasteiger partial charge in [-0.05, 0) is 38.5 Å². The number of unbranched alkanes of at least 4 members (excludes halogenated alkanes) is 8. The Balaban J connectivity index is 3.25. The van der Waals surface area contributed by atoms with E-state index in [1.807, 2.05) is 0 Å². The molecule has 0 aromatic heterocycles. The Morgan fingerprint density at radius 1 is 0.600 bits per heavy atom. The second-order valence-corrected chi connectivity index (χ2v) is 5.44. The van der Waals surface area contributed by atoms with E-state index in [9.17, 15) is 0 Å². The number of allylic oxidation sites excluding steroid dienone is 6. The monoisotopic (exact) mass is 275 g/mol. The molecule has 0 N–H and O–H groups in total. The van der Waals surface area contributed by atoms with Crippen LogP contribution in [0.1, 0.15) is 84.0 Å². The van der Waals surface area contributed by atoms with E-state index >= 15 is 0 Å². The fourth-order valence-electron chi connectivity index (χ4n) is 2.08. The highest BCUT2D eigenvalue weighted by Gasteiger charge is 1.86. The van der Waals surface area contributed by atoms with Crippen molar-refractivity contribution in [3.05, 3.63) is 43.4 Å². The van der Waals surface area contributed by atoms with Crippen LogP contribution in [0.2, 0.25) is 0 Å². The Morgan fingerprint density at radius 2 is 1.10 bits per heavy atom. The van der Waals surface area contributed by atoms with E-state index in [4.69, 9.17) is 0 Å². The van der Waals surface area contributed by atoms with Crippen molar-refractivity contribution < 1.29 is 0 Å². The Kier molecular flexibility index (Phi) is 17.5. The first-order valence-electron chi connectivity index (χ1n) is 8.66. The third-order valence-corrected chi connectivity index (χ3v) is 3.39. The van der Waals surface area contributed by atoms with Crippen molar-refractivity contribution in [1.82, 2.24) is 0 Å². The molecule has 0 aromatic carbocycles. The van der Waals surface area contributed by atoms with E-state index in [1.165, 1.54) is 57.8 Å². The maximum Gasteiger partial charge on any atom is -0.0169 e. The summed E-state index contributed by atoms with van der Waals surface area (Å²) < 4.78 is 0. The molecule has 0 aromatic rings. The summed E-state index contributed by atoms with van der Waals surface area (Å²) in [6.45, 7) is 6.12. The van der Waals surface area contributed by atoms with Crippen LogP contribution in [-0.2, 0) is 0 Å². The van der Waals surface area contributed by atoms with E-state index in [0.717, 1.165) is 19.3 Å². The van der Waals surface area contributed by atoms with Gasteiger partial charge in [-0.15, -0.1) is 0 Å². The van der Waals surface area contributed by atoms with Crippen LogP contribution in [0, 0.1) is 6.92 Å². The average molecular weight is 276 g/mol. The zero-order chi connectivity index (χ0) is 14.7. The van der Waals surface area contributed by atoms with Crippen LogP contribution in [0.5, 0.6) is 0 Å². The third-order valence-electron chi connectivity index (χ3n) is 3.39. The molecule has 0 heteroatoms. The first kappa shape index (κ1) is 19.2. The summed E-state index contributed by atoms with van der Waals surface area (Å²) in [5, 5.41) is 0. The molecule has 0 saturated heterocycles. The highest BCUT2D eigenvalue weighted by Crippen LogP contribution is 2.05. The summed E-state index contributed by atoms with van der Waals surface area (Å²) in [6, 6.07) is 0. The molecule has 0 saturated carbocycles. The minimum absolute atomic E-state index is 1.09. The molecule has 0 aliphatic carbocycles. The van der Waals surface area contributed by atoms with Gasteiger partial charge in [0, 0.05) is 0 Å². The summed E-state index contributed by atoms with van der Waals surface area (Å²) in [7, 11) is 0. The zero-order valence-electron chi connectivity index (χ0n) is 13.7. The SMILES string of the molecule is [CH2]CCCCCCC=CCC=CCC=CCCCCC. The zero-order valence-corrected chi connectivity index (χ0v) is 13.7. The van der Waals surface area contributed by atoms with Gasteiger partial charge in [0.25, 0.3) is 0 Å². The van der Waals surface area contributed by atoms with Crippen molar-refractivity contribution in [2.45, 2.75) is 84.0 Å². The lowest BCUT2D eigenvalue weighted by molar-refractivity contribution is 0.651. The minimum atomic E-state index is 1.09. The molecule has 0 bridgehead atoms. The molecule has 0 atom stereocenters. The lowest BCUT2D eigenvalue weighted by Crippen LogP contribution is -1.75. The number of rotatable bonds is 14. The lowest BCUT2D eigenvalue weighted by Gasteiger charge is -1.95. The molecule has 0 aliphatic heterocycles. The van der Waals surface area contributed by atoms with E-state index in [1.54, 1.807) is 0 Å². The Morgan fingerprint density at radius 3 is 1.65 bits per heavy atom. The first-order valence-corrected chi connectivity index (χ1v) is 8.66. The highest BCUT2D eigenvalue weighted by molar-refractivity contribution is 4.97. The number of hydrogen-bond acceptors (Lipinski definition) is 0. The summed E-state index contributed by atoms with van der Waals surface area (Å²) in [6.07, 6.45) is 28.9. The maximum atomic E-state index is 3.87. The van der Waals surface area contributed by atoms with Crippen LogP contribution in [0.4, 0.5) is 0 Å². The van der Waals surface area contributed by atoms with Gasteiger partial charge >= 0.3 is 0 Å². The molecule has 0 heterocycles. The maximum absolute atomic E-state index is 3.87. The second kappa shape index (κ2) is 18.2. The van der Waals surface area contributed by atoms with Crippen molar-refractivity contribution in [2.75, 3.05) is 0 Å². The van der Waals surface area contributed by atoms with Crippen molar-refractivity contribution >= 4 is 0 Å². The molecule has 0 unspecified atom stereocenters. The van der Waals surface area contributed by atoms with Gasteiger partial charge in [-0.3, -0.25) is 0 Å². The second-order valence-electron chi connectivity index (χ2n) is 5.44. The Labute approximate surface area is 128 Å². The van der Waals surface area contributed by atoms with E-state index in [-0.39, 0.29) is 0 Å². The van der Waals surface area contributed by atoms with Crippen molar-refractivity contribution in [3.63, 3.8) is 0 Å². The fourth-order valence-corrected chi connectivity index (χ4v) is 2.08. The van der Waals surface area contributed by atoms with Crippen LogP contribution >= 0.6 is 0 Å². The standard InChI is InChI=1S/C20H35/c1-3-5-7-9-11-13-15-17-19-20-18-16-14-12-10-8-6-4-2/h12,14-15,17-18,20H,1,3-11,13,16,19H2,2H3. The minimum Gasteiger partial charge on any atom is -0.0882 e. The molecular formula is C20H35. The summed E-state index contributed by atoms with van der Waals surface area (Å²) >= 11 is 0.